The highest BCUT2D eigenvalue weighted by atomic mass is 15.2. The van der Waals surface area contributed by atoms with Gasteiger partial charge in [-0.25, -0.2) is 0 Å². The zero-order chi connectivity index (χ0) is 17.8. The molecular weight excluding hydrogens is 306 g/mol. The molecule has 2 aromatic heterocycles. The maximum Gasteiger partial charge on any atom is 0.168 e. The van der Waals surface area contributed by atoms with Gasteiger partial charge in [0, 0.05) is 17.1 Å². The predicted molar refractivity (Wildman–Crippen MR) is 106 cm³/mol. The van der Waals surface area contributed by atoms with E-state index in [0.29, 0.717) is 0 Å². The number of benzene rings is 2. The molecule has 128 valence electrons. The highest BCUT2D eigenvalue weighted by Crippen LogP contribution is 2.27. The number of rotatable bonds is 3. The minimum Gasteiger partial charge on any atom is -0.282 e. The molecule has 0 N–H and O–H groups in total. The second-order valence-corrected chi connectivity index (χ2v) is 6.03. The summed E-state index contributed by atoms with van der Waals surface area (Å²) in [5, 5.41) is 11.4. The Hall–Kier alpha value is -2.68. The Morgan fingerprint density at radius 2 is 1.56 bits per heavy atom. The number of fused-ring (bicyclic) bond motifs is 3. The number of pyridine rings is 1. The Kier molecular flexibility index (Phi) is 5.13. The molecule has 2 heterocycles. The van der Waals surface area contributed by atoms with Crippen LogP contribution in [0.3, 0.4) is 0 Å². The summed E-state index contributed by atoms with van der Waals surface area (Å²) >= 11 is 0. The molecule has 4 aromatic rings. The molecule has 0 atom stereocenters. The first-order chi connectivity index (χ1) is 12.3. The SMILES string of the molecule is CC.CCCc1cn2c(-c3ccc(C)cc3)nnc2c2ccccc12. The van der Waals surface area contributed by atoms with Gasteiger partial charge in [0.1, 0.15) is 0 Å². The van der Waals surface area contributed by atoms with Crippen LogP contribution in [0.4, 0.5) is 0 Å². The van der Waals surface area contributed by atoms with Crippen molar-refractivity contribution < 1.29 is 0 Å². The van der Waals surface area contributed by atoms with Crippen molar-refractivity contribution in [3.8, 4) is 11.4 Å². The molecule has 0 amide bonds. The molecule has 0 bridgehead atoms. The number of nitrogens with zero attached hydrogens (tertiary/aromatic N) is 3. The largest absolute Gasteiger partial charge is 0.282 e. The number of hydrogen-bond acceptors (Lipinski definition) is 2. The molecule has 0 fully saturated rings. The highest BCUT2D eigenvalue weighted by molar-refractivity contribution is 5.96. The molecule has 3 nitrogen and oxygen atoms in total. The molecule has 0 saturated heterocycles. The van der Waals surface area contributed by atoms with Crippen molar-refractivity contribution in [1.82, 2.24) is 14.6 Å². The van der Waals surface area contributed by atoms with Crippen molar-refractivity contribution in [2.24, 2.45) is 0 Å². The van der Waals surface area contributed by atoms with Crippen molar-refractivity contribution in [3.05, 3.63) is 65.9 Å². The molecule has 3 heteroatoms. The summed E-state index contributed by atoms with van der Waals surface area (Å²) in [6.45, 7) is 8.31. The third kappa shape index (κ3) is 3.14. The monoisotopic (exact) mass is 331 g/mol. The maximum atomic E-state index is 4.46. The van der Waals surface area contributed by atoms with Crippen LogP contribution in [0.25, 0.3) is 27.8 Å². The molecule has 4 rings (SSSR count). The zero-order valence-electron chi connectivity index (χ0n) is 15.5. The van der Waals surface area contributed by atoms with E-state index in [1.807, 2.05) is 13.8 Å². The van der Waals surface area contributed by atoms with Gasteiger partial charge in [-0.2, -0.15) is 0 Å². The Bertz CT molecular complexity index is 981. The van der Waals surface area contributed by atoms with Crippen LogP contribution < -0.4 is 0 Å². The highest BCUT2D eigenvalue weighted by Gasteiger charge is 2.13. The number of aromatic nitrogens is 3. The third-order valence-electron chi connectivity index (χ3n) is 4.32. The fourth-order valence-electron chi connectivity index (χ4n) is 3.15. The average molecular weight is 331 g/mol. The van der Waals surface area contributed by atoms with Crippen LogP contribution in [-0.4, -0.2) is 14.6 Å². The predicted octanol–water partition coefficient (Wildman–Crippen LogP) is 5.84. The van der Waals surface area contributed by atoms with Crippen LogP contribution in [0.2, 0.25) is 0 Å². The van der Waals surface area contributed by atoms with Crippen LogP contribution in [0.5, 0.6) is 0 Å². The van der Waals surface area contributed by atoms with Crippen LogP contribution in [-0.2, 0) is 6.42 Å². The van der Waals surface area contributed by atoms with Crippen molar-refractivity contribution in [2.45, 2.75) is 40.5 Å². The van der Waals surface area contributed by atoms with Crippen LogP contribution >= 0.6 is 0 Å². The van der Waals surface area contributed by atoms with Gasteiger partial charge in [0.05, 0.1) is 0 Å². The normalized spacial score (nSPS) is 10.7. The smallest absolute Gasteiger partial charge is 0.168 e. The van der Waals surface area contributed by atoms with Gasteiger partial charge in [-0.15, -0.1) is 10.2 Å². The fraction of sp³-hybridized carbons (Fsp3) is 0.273. The van der Waals surface area contributed by atoms with Crippen LogP contribution in [0, 0.1) is 6.92 Å². The first-order valence-corrected chi connectivity index (χ1v) is 9.10. The number of aryl methyl sites for hydroxylation is 2. The topological polar surface area (TPSA) is 30.2 Å². The van der Waals surface area contributed by atoms with E-state index in [1.54, 1.807) is 0 Å². The second-order valence-electron chi connectivity index (χ2n) is 6.03. The molecule has 0 saturated carbocycles. The van der Waals surface area contributed by atoms with E-state index in [-0.39, 0.29) is 0 Å². The summed E-state index contributed by atoms with van der Waals surface area (Å²) < 4.78 is 2.14. The lowest BCUT2D eigenvalue weighted by Gasteiger charge is -2.09. The van der Waals surface area contributed by atoms with Gasteiger partial charge in [-0.3, -0.25) is 4.40 Å². The Morgan fingerprint density at radius 1 is 0.880 bits per heavy atom. The van der Waals surface area contributed by atoms with E-state index in [2.05, 4.69) is 83.2 Å². The molecule has 25 heavy (non-hydrogen) atoms. The van der Waals surface area contributed by atoms with Gasteiger partial charge in [-0.1, -0.05) is 81.3 Å². The standard InChI is InChI=1S/C20H19N3.C2H6/c1-3-6-16-13-23-19(15-11-9-14(2)10-12-15)21-22-20(23)18-8-5-4-7-17(16)18;1-2/h4-5,7-13H,3,6H2,1-2H3;1-2H3. The lowest BCUT2D eigenvalue weighted by Crippen LogP contribution is -1.96. The molecule has 0 spiro atoms. The number of hydrogen-bond donors (Lipinski definition) is 0. The third-order valence-corrected chi connectivity index (χ3v) is 4.32. The summed E-state index contributed by atoms with van der Waals surface area (Å²) in [5.74, 6) is 0.906. The Morgan fingerprint density at radius 3 is 2.24 bits per heavy atom. The summed E-state index contributed by atoms with van der Waals surface area (Å²) in [7, 11) is 0. The van der Waals surface area contributed by atoms with E-state index in [9.17, 15) is 0 Å². The van der Waals surface area contributed by atoms with Crippen molar-refractivity contribution >= 4 is 16.4 Å². The van der Waals surface area contributed by atoms with E-state index in [4.69, 9.17) is 0 Å². The summed E-state index contributed by atoms with van der Waals surface area (Å²) in [5.41, 5.74) is 4.63. The minimum absolute atomic E-state index is 0.906. The Balaban J connectivity index is 0.000000880. The Labute approximate surface area is 149 Å². The van der Waals surface area contributed by atoms with Crippen molar-refractivity contribution in [2.75, 3.05) is 0 Å². The second kappa shape index (κ2) is 7.47. The average Bonchev–Trinajstić information content (AvgIpc) is 3.08. The van der Waals surface area contributed by atoms with Crippen LogP contribution in [0.1, 0.15) is 38.3 Å². The van der Waals surface area contributed by atoms with E-state index in [0.717, 1.165) is 29.9 Å². The van der Waals surface area contributed by atoms with Crippen molar-refractivity contribution in [1.29, 1.82) is 0 Å². The molecular formula is C22H25N3. The molecule has 0 aliphatic heterocycles. The fourth-order valence-corrected chi connectivity index (χ4v) is 3.15. The van der Waals surface area contributed by atoms with E-state index < -0.39 is 0 Å². The van der Waals surface area contributed by atoms with Gasteiger partial charge in [0.15, 0.2) is 11.5 Å². The summed E-state index contributed by atoms with van der Waals surface area (Å²) in [6.07, 6.45) is 4.38. The summed E-state index contributed by atoms with van der Waals surface area (Å²) in [4.78, 5) is 0. The van der Waals surface area contributed by atoms with Gasteiger partial charge in [0.25, 0.3) is 0 Å². The molecule has 0 aliphatic carbocycles. The zero-order valence-corrected chi connectivity index (χ0v) is 15.5. The lowest BCUT2D eigenvalue weighted by atomic mass is 10.0. The quantitative estimate of drug-likeness (QED) is 0.472. The first kappa shape index (κ1) is 17.2. The van der Waals surface area contributed by atoms with Gasteiger partial charge >= 0.3 is 0 Å². The molecule has 0 aliphatic rings. The maximum absolute atomic E-state index is 4.46. The molecule has 2 aromatic carbocycles. The summed E-state index contributed by atoms with van der Waals surface area (Å²) in [6, 6.07) is 16.9. The lowest BCUT2D eigenvalue weighted by molar-refractivity contribution is 0.918. The van der Waals surface area contributed by atoms with Gasteiger partial charge in [-0.05, 0) is 24.3 Å². The van der Waals surface area contributed by atoms with Crippen LogP contribution in [0.15, 0.2) is 54.7 Å². The van der Waals surface area contributed by atoms with Gasteiger partial charge in [0.2, 0.25) is 0 Å². The van der Waals surface area contributed by atoms with E-state index in [1.165, 1.54) is 21.9 Å². The molecule has 0 radical (unpaired) electrons. The molecule has 0 unspecified atom stereocenters. The minimum atomic E-state index is 0.906. The van der Waals surface area contributed by atoms with Crippen molar-refractivity contribution in [3.63, 3.8) is 0 Å². The first-order valence-electron chi connectivity index (χ1n) is 9.10. The van der Waals surface area contributed by atoms with E-state index >= 15 is 0 Å². The van der Waals surface area contributed by atoms with Gasteiger partial charge < -0.3 is 0 Å².